The minimum Gasteiger partial charge on any atom is -0.456 e. The Morgan fingerprint density at radius 2 is 1.94 bits per heavy atom. The molecule has 5 heteroatoms. The summed E-state index contributed by atoms with van der Waals surface area (Å²) < 4.78 is 5.60. The van der Waals surface area contributed by atoms with E-state index in [9.17, 15) is 4.79 Å². The number of carbonyl (C=O) groups excluding carboxylic acids is 1. The number of primary amides is 1. The fourth-order valence-electron chi connectivity index (χ4n) is 1.43. The first kappa shape index (κ1) is 11.9. The van der Waals surface area contributed by atoms with Crippen molar-refractivity contribution in [3.8, 4) is 11.5 Å². The predicted molar refractivity (Wildman–Crippen MR) is 68.8 cm³/mol. The molecular weight excluding hydrogens is 230 g/mol. The number of hydrogen-bond donors (Lipinski definition) is 2. The zero-order chi connectivity index (χ0) is 13.0. The van der Waals surface area contributed by atoms with Gasteiger partial charge in [0.1, 0.15) is 11.5 Å². The van der Waals surface area contributed by atoms with E-state index in [1.54, 1.807) is 36.7 Å². The molecule has 2 rings (SSSR count). The Labute approximate surface area is 105 Å². The van der Waals surface area contributed by atoms with Gasteiger partial charge < -0.3 is 15.8 Å². The molecule has 0 aliphatic carbocycles. The number of aromatic nitrogens is 1. The van der Waals surface area contributed by atoms with Crippen LogP contribution in [0.25, 0.3) is 0 Å². The van der Waals surface area contributed by atoms with E-state index in [0.717, 1.165) is 5.69 Å². The highest BCUT2D eigenvalue weighted by Crippen LogP contribution is 2.23. The van der Waals surface area contributed by atoms with E-state index in [1.165, 1.54) is 0 Å². The number of nitrogens with zero attached hydrogens (tertiary/aromatic N) is 1. The fourth-order valence-corrected chi connectivity index (χ4v) is 1.43. The largest absolute Gasteiger partial charge is 0.456 e. The summed E-state index contributed by atoms with van der Waals surface area (Å²) in [5.74, 6) is 0.782. The van der Waals surface area contributed by atoms with E-state index in [0.29, 0.717) is 17.1 Å². The summed E-state index contributed by atoms with van der Waals surface area (Å²) in [6.45, 7) is 0. The van der Waals surface area contributed by atoms with Gasteiger partial charge in [0.15, 0.2) is 0 Å². The van der Waals surface area contributed by atoms with Crippen LogP contribution < -0.4 is 15.8 Å². The Kier molecular flexibility index (Phi) is 3.43. The molecule has 0 radical (unpaired) electrons. The molecule has 1 amide bonds. The zero-order valence-electron chi connectivity index (χ0n) is 9.88. The predicted octanol–water partition coefficient (Wildman–Crippen LogP) is 2.01. The topological polar surface area (TPSA) is 77.2 Å². The Morgan fingerprint density at radius 3 is 2.56 bits per heavy atom. The first-order valence-electron chi connectivity index (χ1n) is 5.39. The van der Waals surface area contributed by atoms with E-state index in [2.05, 4.69) is 10.3 Å². The van der Waals surface area contributed by atoms with Crippen LogP contribution in [-0.4, -0.2) is 17.9 Å². The maximum absolute atomic E-state index is 10.9. The monoisotopic (exact) mass is 243 g/mol. The SMILES string of the molecule is CNc1cncc(Oc2ccc(C(N)=O)cc2)c1. The third kappa shape index (κ3) is 2.76. The number of nitrogens with two attached hydrogens (primary N) is 1. The maximum Gasteiger partial charge on any atom is 0.248 e. The fraction of sp³-hybridized carbons (Fsp3) is 0.0769. The molecule has 0 bridgehead atoms. The molecule has 0 aliphatic rings. The molecule has 2 aromatic rings. The number of anilines is 1. The van der Waals surface area contributed by atoms with Gasteiger partial charge in [0.25, 0.3) is 0 Å². The van der Waals surface area contributed by atoms with Crippen molar-refractivity contribution in [3.63, 3.8) is 0 Å². The average Bonchev–Trinajstić information content (AvgIpc) is 2.39. The van der Waals surface area contributed by atoms with Gasteiger partial charge in [-0.25, -0.2) is 0 Å². The molecule has 0 saturated carbocycles. The molecule has 0 atom stereocenters. The van der Waals surface area contributed by atoms with E-state index < -0.39 is 5.91 Å². The van der Waals surface area contributed by atoms with E-state index in [4.69, 9.17) is 10.5 Å². The molecule has 1 aromatic heterocycles. The molecule has 0 saturated heterocycles. The molecule has 0 fully saturated rings. The maximum atomic E-state index is 10.9. The molecule has 3 N–H and O–H groups in total. The summed E-state index contributed by atoms with van der Waals surface area (Å²) in [4.78, 5) is 15.0. The van der Waals surface area contributed by atoms with Gasteiger partial charge in [-0.3, -0.25) is 9.78 Å². The number of rotatable bonds is 4. The Balaban J connectivity index is 2.15. The zero-order valence-corrected chi connectivity index (χ0v) is 9.88. The van der Waals surface area contributed by atoms with Gasteiger partial charge in [-0.1, -0.05) is 0 Å². The first-order chi connectivity index (χ1) is 8.69. The summed E-state index contributed by atoms with van der Waals surface area (Å²) >= 11 is 0. The van der Waals surface area contributed by atoms with Gasteiger partial charge in [0.05, 0.1) is 18.1 Å². The second kappa shape index (κ2) is 5.18. The second-order valence-corrected chi connectivity index (χ2v) is 3.65. The Hall–Kier alpha value is -2.56. The van der Waals surface area contributed by atoms with Crippen LogP contribution in [0.1, 0.15) is 10.4 Å². The lowest BCUT2D eigenvalue weighted by molar-refractivity contribution is 0.100. The molecule has 0 unspecified atom stereocenters. The third-order valence-electron chi connectivity index (χ3n) is 2.38. The van der Waals surface area contributed by atoms with Crippen molar-refractivity contribution < 1.29 is 9.53 Å². The van der Waals surface area contributed by atoms with E-state index >= 15 is 0 Å². The third-order valence-corrected chi connectivity index (χ3v) is 2.38. The van der Waals surface area contributed by atoms with Gasteiger partial charge in [0, 0.05) is 18.7 Å². The van der Waals surface area contributed by atoms with Crippen molar-refractivity contribution in [2.24, 2.45) is 5.73 Å². The minimum absolute atomic E-state index is 0.449. The molecule has 5 nitrogen and oxygen atoms in total. The lowest BCUT2D eigenvalue weighted by Crippen LogP contribution is -2.10. The van der Waals surface area contributed by atoms with Gasteiger partial charge in [0.2, 0.25) is 5.91 Å². The lowest BCUT2D eigenvalue weighted by Gasteiger charge is -2.07. The van der Waals surface area contributed by atoms with Gasteiger partial charge >= 0.3 is 0 Å². The smallest absolute Gasteiger partial charge is 0.248 e. The van der Waals surface area contributed by atoms with Crippen LogP contribution in [0.2, 0.25) is 0 Å². The van der Waals surface area contributed by atoms with Crippen LogP contribution in [0.15, 0.2) is 42.7 Å². The molecule has 92 valence electrons. The molecular formula is C13H13N3O2. The summed E-state index contributed by atoms with van der Waals surface area (Å²) in [5.41, 5.74) is 6.47. The van der Waals surface area contributed by atoms with Crippen molar-refractivity contribution in [2.45, 2.75) is 0 Å². The molecule has 1 aromatic carbocycles. The van der Waals surface area contributed by atoms with Gasteiger partial charge in [-0.15, -0.1) is 0 Å². The number of benzene rings is 1. The van der Waals surface area contributed by atoms with Crippen molar-refractivity contribution in [1.29, 1.82) is 0 Å². The first-order valence-corrected chi connectivity index (χ1v) is 5.39. The number of pyridine rings is 1. The summed E-state index contributed by atoms with van der Waals surface area (Å²) in [7, 11) is 1.81. The van der Waals surface area contributed by atoms with Crippen LogP contribution in [0, 0.1) is 0 Å². The van der Waals surface area contributed by atoms with Gasteiger partial charge in [-0.05, 0) is 24.3 Å². The number of carbonyl (C=O) groups is 1. The van der Waals surface area contributed by atoms with Crippen LogP contribution in [-0.2, 0) is 0 Å². The summed E-state index contributed by atoms with van der Waals surface area (Å²) in [6, 6.07) is 8.44. The van der Waals surface area contributed by atoms with Crippen molar-refractivity contribution >= 4 is 11.6 Å². The van der Waals surface area contributed by atoms with Crippen molar-refractivity contribution in [1.82, 2.24) is 4.98 Å². The molecule has 18 heavy (non-hydrogen) atoms. The number of ether oxygens (including phenoxy) is 1. The summed E-state index contributed by atoms with van der Waals surface area (Å²) in [5, 5.41) is 2.97. The number of nitrogens with one attached hydrogen (secondary N) is 1. The number of amides is 1. The molecule has 0 spiro atoms. The second-order valence-electron chi connectivity index (χ2n) is 3.65. The van der Waals surface area contributed by atoms with Gasteiger partial charge in [-0.2, -0.15) is 0 Å². The normalized spacial score (nSPS) is 9.83. The van der Waals surface area contributed by atoms with E-state index in [1.807, 2.05) is 13.1 Å². The highest BCUT2D eigenvalue weighted by molar-refractivity contribution is 5.92. The average molecular weight is 243 g/mol. The Bertz CT molecular complexity index is 552. The van der Waals surface area contributed by atoms with Crippen LogP contribution in [0.5, 0.6) is 11.5 Å². The minimum atomic E-state index is -0.458. The Morgan fingerprint density at radius 1 is 1.22 bits per heavy atom. The van der Waals surface area contributed by atoms with Crippen molar-refractivity contribution in [2.75, 3.05) is 12.4 Å². The summed E-state index contributed by atoms with van der Waals surface area (Å²) in [6.07, 6.45) is 3.31. The standard InChI is InChI=1S/C13H13N3O2/c1-15-10-6-12(8-16-7-10)18-11-4-2-9(3-5-11)13(14)17/h2-8,15H,1H3,(H2,14,17). The highest BCUT2D eigenvalue weighted by Gasteiger charge is 2.02. The quantitative estimate of drug-likeness (QED) is 0.861. The van der Waals surface area contributed by atoms with Crippen LogP contribution in [0.4, 0.5) is 5.69 Å². The van der Waals surface area contributed by atoms with Crippen molar-refractivity contribution in [3.05, 3.63) is 48.3 Å². The van der Waals surface area contributed by atoms with Crippen LogP contribution >= 0.6 is 0 Å². The van der Waals surface area contributed by atoms with E-state index in [-0.39, 0.29) is 0 Å². The lowest BCUT2D eigenvalue weighted by atomic mass is 10.2. The molecule has 0 aliphatic heterocycles. The highest BCUT2D eigenvalue weighted by atomic mass is 16.5. The molecule has 1 heterocycles. The van der Waals surface area contributed by atoms with Crippen LogP contribution in [0.3, 0.4) is 0 Å². The number of hydrogen-bond acceptors (Lipinski definition) is 4.